The zero-order valence-corrected chi connectivity index (χ0v) is 9.98. The molecule has 0 N–H and O–H groups in total. The number of benzene rings is 1. The van der Waals surface area contributed by atoms with Gasteiger partial charge in [0.25, 0.3) is 0 Å². The normalized spacial score (nSPS) is 11.4. The summed E-state index contributed by atoms with van der Waals surface area (Å²) < 4.78 is 15.7. The van der Waals surface area contributed by atoms with Gasteiger partial charge in [0.15, 0.2) is 6.29 Å². The van der Waals surface area contributed by atoms with E-state index in [9.17, 15) is 0 Å². The van der Waals surface area contributed by atoms with Gasteiger partial charge in [-0.3, -0.25) is 0 Å². The molecule has 0 saturated heterocycles. The molecular weight excluding hydrogens is 244 g/mol. The van der Waals surface area contributed by atoms with E-state index in [1.165, 1.54) is 0 Å². The summed E-state index contributed by atoms with van der Waals surface area (Å²) in [5.41, 5.74) is 0. The fourth-order valence-corrected chi connectivity index (χ4v) is 1.06. The first kappa shape index (κ1) is 14.3. The molecule has 0 saturated carbocycles. The maximum Gasteiger partial charge on any atom is 1.00 e. The second-order valence-electron chi connectivity index (χ2n) is 2.72. The summed E-state index contributed by atoms with van der Waals surface area (Å²) in [4.78, 5) is 0. The minimum absolute atomic E-state index is 0. The van der Waals surface area contributed by atoms with Crippen LogP contribution in [0.5, 0.6) is 11.5 Å². The third kappa shape index (κ3) is 5.07. The van der Waals surface area contributed by atoms with E-state index in [2.05, 4.69) is 6.07 Å². The average Bonchev–Trinajstić information content (AvgIpc) is 2.18. The van der Waals surface area contributed by atoms with Gasteiger partial charge in [0.1, 0.15) is 0 Å². The van der Waals surface area contributed by atoms with Gasteiger partial charge in [0, 0.05) is 18.1 Å². The molecule has 0 aliphatic heterocycles. The Morgan fingerprint density at radius 2 is 2.00 bits per heavy atom. The first-order chi connectivity index (χ1) is 6.76. The van der Waals surface area contributed by atoms with Crippen molar-refractivity contribution in [1.29, 1.82) is 0 Å². The van der Waals surface area contributed by atoms with Gasteiger partial charge in [-0.1, -0.05) is 6.07 Å². The molecule has 1 unspecified atom stereocenters. The third-order valence-electron chi connectivity index (χ3n) is 1.66. The maximum atomic E-state index is 5.44. The number of hydrogen-bond donors (Lipinski definition) is 0. The van der Waals surface area contributed by atoms with Crippen LogP contribution in [0.1, 0.15) is 13.8 Å². The minimum atomic E-state index is -0.261. The fourth-order valence-electron chi connectivity index (χ4n) is 1.06. The van der Waals surface area contributed by atoms with Gasteiger partial charge >= 0.3 is 17.1 Å². The van der Waals surface area contributed by atoms with Crippen LogP contribution in [0.4, 0.5) is 0 Å². The van der Waals surface area contributed by atoms with Gasteiger partial charge in [0.05, 0.1) is 7.11 Å². The number of ether oxygens (including phenoxy) is 3. The monoisotopic (exact) mass is 258 g/mol. The Hall–Kier alpha value is -0.701. The fraction of sp³-hybridized carbons (Fsp3) is 0.455. The van der Waals surface area contributed by atoms with Gasteiger partial charge in [0.2, 0.25) is 0 Å². The summed E-state index contributed by atoms with van der Waals surface area (Å²) in [5, 5.41) is 0. The van der Waals surface area contributed by atoms with Crippen LogP contribution in [0.3, 0.4) is 0 Å². The quantitative estimate of drug-likeness (QED) is 0.461. The van der Waals surface area contributed by atoms with Crippen LogP contribution in [0.2, 0.25) is 0 Å². The first-order valence-corrected chi connectivity index (χ1v) is 4.61. The summed E-state index contributed by atoms with van der Waals surface area (Å²) in [6, 6.07) is 8.44. The summed E-state index contributed by atoms with van der Waals surface area (Å²) in [7, 11) is 1.60. The summed E-state index contributed by atoms with van der Waals surface area (Å²) in [6.07, 6.45) is -0.261. The van der Waals surface area contributed by atoms with Gasteiger partial charge < -0.3 is 14.2 Å². The first-order valence-electron chi connectivity index (χ1n) is 4.61. The molecule has 1 atom stereocenters. The Balaban J connectivity index is 0.00000196. The second kappa shape index (κ2) is 7.57. The van der Waals surface area contributed by atoms with E-state index >= 15 is 0 Å². The molecule has 0 amide bonds. The third-order valence-corrected chi connectivity index (χ3v) is 1.66. The second-order valence-corrected chi connectivity index (χ2v) is 2.72. The van der Waals surface area contributed by atoms with Crippen molar-refractivity contribution in [2.24, 2.45) is 0 Å². The average molecular weight is 259 g/mol. The molecule has 0 aromatic heterocycles. The zero-order valence-electron chi connectivity index (χ0n) is 9.04. The van der Waals surface area contributed by atoms with E-state index in [1.54, 1.807) is 7.11 Å². The van der Waals surface area contributed by atoms with E-state index in [0.29, 0.717) is 18.1 Å². The van der Waals surface area contributed by atoms with Gasteiger partial charge in [-0.25, -0.2) is 0 Å². The van der Waals surface area contributed by atoms with Crippen LogP contribution >= 0.6 is 0 Å². The van der Waals surface area contributed by atoms with Crippen LogP contribution in [-0.4, -0.2) is 20.0 Å². The van der Waals surface area contributed by atoms with Crippen molar-refractivity contribution in [2.45, 2.75) is 20.1 Å². The molecule has 0 fully saturated rings. The zero-order chi connectivity index (χ0) is 10.4. The number of methoxy groups -OCH3 is 1. The molecule has 4 heteroatoms. The SMILES string of the molecule is CCOC(C)Oc1[c-]c(OC)ccc1.[Cu+]. The van der Waals surface area contributed by atoms with Crippen molar-refractivity contribution < 1.29 is 31.3 Å². The molecule has 1 rings (SSSR count). The Kier molecular flexibility index (Phi) is 7.22. The van der Waals surface area contributed by atoms with E-state index in [4.69, 9.17) is 14.2 Å². The Morgan fingerprint density at radius 1 is 1.33 bits per heavy atom. The van der Waals surface area contributed by atoms with E-state index < -0.39 is 0 Å². The van der Waals surface area contributed by atoms with Gasteiger partial charge in [-0.2, -0.15) is 6.07 Å². The van der Waals surface area contributed by atoms with Crippen LogP contribution in [0, 0.1) is 6.07 Å². The molecule has 0 bridgehead atoms. The van der Waals surface area contributed by atoms with Crippen molar-refractivity contribution in [1.82, 2.24) is 0 Å². The Morgan fingerprint density at radius 3 is 2.60 bits per heavy atom. The van der Waals surface area contributed by atoms with E-state index in [1.807, 2.05) is 32.0 Å². The van der Waals surface area contributed by atoms with Crippen molar-refractivity contribution in [2.75, 3.05) is 13.7 Å². The summed E-state index contributed by atoms with van der Waals surface area (Å²) >= 11 is 0. The molecule has 0 heterocycles. The summed E-state index contributed by atoms with van der Waals surface area (Å²) in [6.45, 7) is 4.40. The minimum Gasteiger partial charge on any atom is -0.522 e. The molecular formula is C11H15CuO3. The van der Waals surface area contributed by atoms with E-state index in [0.717, 1.165) is 0 Å². The predicted molar refractivity (Wildman–Crippen MR) is 53.5 cm³/mol. The summed E-state index contributed by atoms with van der Waals surface area (Å²) in [5.74, 6) is 1.29. The number of hydrogen-bond acceptors (Lipinski definition) is 3. The molecule has 1 aromatic carbocycles. The molecule has 0 spiro atoms. The van der Waals surface area contributed by atoms with Gasteiger partial charge in [-0.05, 0) is 13.8 Å². The van der Waals surface area contributed by atoms with Crippen molar-refractivity contribution in [3.63, 3.8) is 0 Å². The van der Waals surface area contributed by atoms with Crippen LogP contribution in [0.25, 0.3) is 0 Å². The largest absolute Gasteiger partial charge is 1.00 e. The Bertz CT molecular complexity index is 278. The standard InChI is InChI=1S/C11H15O3.Cu/c1-4-13-9(2)14-11-7-5-6-10(8-11)12-3;/h5-7,9H,4H2,1-3H3;/q-1;+1. The predicted octanol–water partition coefficient (Wildman–Crippen LogP) is 2.25. The molecule has 1 aromatic rings. The van der Waals surface area contributed by atoms with Crippen molar-refractivity contribution >= 4 is 0 Å². The maximum absolute atomic E-state index is 5.44. The molecule has 15 heavy (non-hydrogen) atoms. The number of rotatable bonds is 5. The van der Waals surface area contributed by atoms with Crippen LogP contribution in [0.15, 0.2) is 18.2 Å². The molecule has 3 nitrogen and oxygen atoms in total. The molecule has 0 radical (unpaired) electrons. The molecule has 0 aliphatic carbocycles. The van der Waals surface area contributed by atoms with Crippen LogP contribution < -0.4 is 9.47 Å². The van der Waals surface area contributed by atoms with Crippen LogP contribution in [-0.2, 0) is 21.8 Å². The molecule has 0 aliphatic rings. The van der Waals surface area contributed by atoms with E-state index in [-0.39, 0.29) is 23.4 Å². The topological polar surface area (TPSA) is 27.7 Å². The van der Waals surface area contributed by atoms with Crippen molar-refractivity contribution in [3.8, 4) is 11.5 Å². The van der Waals surface area contributed by atoms with Crippen molar-refractivity contribution in [3.05, 3.63) is 24.3 Å². The van der Waals surface area contributed by atoms with Gasteiger partial charge in [-0.15, -0.1) is 12.1 Å². The Labute approximate surface area is 101 Å². The molecule has 88 valence electrons. The smallest absolute Gasteiger partial charge is 0.522 e.